The second kappa shape index (κ2) is 8.07. The molecule has 0 bridgehead atoms. The standard InChI is InChI=1S/C20H22N6O/c27-20(24-9-5-15-12-21-14-22-13-15)26-10-6-16(7-11-26)18-4-3-17-2-1-8-23-19(17)25-18/h1-4,8,12-14,16H,5-7,9-11H2,(H,24,27). The minimum absolute atomic E-state index is 0.00145. The first-order chi connectivity index (χ1) is 13.3. The zero-order valence-corrected chi connectivity index (χ0v) is 15.1. The van der Waals surface area contributed by atoms with Crippen molar-refractivity contribution in [2.45, 2.75) is 25.2 Å². The Morgan fingerprint density at radius 3 is 2.78 bits per heavy atom. The number of rotatable bonds is 4. The molecule has 0 aromatic carbocycles. The number of hydrogen-bond donors (Lipinski definition) is 1. The topological polar surface area (TPSA) is 83.9 Å². The van der Waals surface area contributed by atoms with Gasteiger partial charge >= 0.3 is 6.03 Å². The molecule has 0 radical (unpaired) electrons. The minimum Gasteiger partial charge on any atom is -0.338 e. The van der Waals surface area contributed by atoms with Crippen molar-refractivity contribution in [1.29, 1.82) is 0 Å². The number of amides is 2. The van der Waals surface area contributed by atoms with Gasteiger partial charge in [-0.1, -0.05) is 0 Å². The number of urea groups is 1. The number of fused-ring (bicyclic) bond motifs is 1. The molecule has 0 atom stereocenters. The molecule has 1 saturated heterocycles. The number of piperidine rings is 1. The van der Waals surface area contributed by atoms with Crippen LogP contribution in [0.15, 0.2) is 49.2 Å². The number of likely N-dealkylation sites (tertiary alicyclic amines) is 1. The Labute approximate surface area is 157 Å². The normalized spacial score (nSPS) is 15.0. The Morgan fingerprint density at radius 2 is 1.96 bits per heavy atom. The number of aromatic nitrogens is 4. The zero-order chi connectivity index (χ0) is 18.5. The Kier molecular flexibility index (Phi) is 5.18. The first-order valence-electron chi connectivity index (χ1n) is 9.28. The molecule has 27 heavy (non-hydrogen) atoms. The smallest absolute Gasteiger partial charge is 0.317 e. The van der Waals surface area contributed by atoms with Crippen LogP contribution in [-0.2, 0) is 6.42 Å². The quantitative estimate of drug-likeness (QED) is 0.771. The van der Waals surface area contributed by atoms with Crippen LogP contribution in [0.25, 0.3) is 11.0 Å². The van der Waals surface area contributed by atoms with Gasteiger partial charge in [0.25, 0.3) is 0 Å². The largest absolute Gasteiger partial charge is 0.338 e. The second-order valence-electron chi connectivity index (χ2n) is 6.78. The minimum atomic E-state index is -0.00145. The highest BCUT2D eigenvalue weighted by Crippen LogP contribution is 2.27. The van der Waals surface area contributed by atoms with Crippen molar-refractivity contribution >= 4 is 17.1 Å². The average Bonchev–Trinajstić information content (AvgIpc) is 2.74. The molecule has 0 aliphatic carbocycles. The lowest BCUT2D eigenvalue weighted by Crippen LogP contribution is -2.44. The molecule has 1 N–H and O–H groups in total. The van der Waals surface area contributed by atoms with E-state index in [1.54, 1.807) is 18.6 Å². The van der Waals surface area contributed by atoms with Gasteiger partial charge in [0, 0.05) is 55.2 Å². The molecule has 138 valence electrons. The molecule has 4 rings (SSSR count). The molecular formula is C20H22N6O. The molecule has 7 heteroatoms. The number of nitrogens with one attached hydrogen (secondary N) is 1. The van der Waals surface area contributed by atoms with Crippen LogP contribution in [0.3, 0.4) is 0 Å². The SMILES string of the molecule is O=C(NCCc1cncnc1)N1CCC(c2ccc3cccnc3n2)CC1. The van der Waals surface area contributed by atoms with E-state index in [1.807, 2.05) is 17.0 Å². The fourth-order valence-corrected chi connectivity index (χ4v) is 3.46. The highest BCUT2D eigenvalue weighted by molar-refractivity contribution is 5.75. The van der Waals surface area contributed by atoms with Crippen molar-refractivity contribution in [1.82, 2.24) is 30.2 Å². The Bertz CT molecular complexity index is 909. The van der Waals surface area contributed by atoms with Gasteiger partial charge in [-0.05, 0) is 49.1 Å². The Balaban J connectivity index is 1.28. The third-order valence-corrected chi connectivity index (χ3v) is 4.99. The van der Waals surface area contributed by atoms with Crippen LogP contribution in [0.4, 0.5) is 4.79 Å². The highest BCUT2D eigenvalue weighted by Gasteiger charge is 2.24. The van der Waals surface area contributed by atoms with Crippen molar-refractivity contribution in [2.24, 2.45) is 0 Å². The lowest BCUT2D eigenvalue weighted by Gasteiger charge is -2.31. The molecule has 1 fully saturated rings. The molecule has 3 aromatic heterocycles. The van der Waals surface area contributed by atoms with Gasteiger partial charge in [-0.25, -0.2) is 24.7 Å². The van der Waals surface area contributed by atoms with Crippen LogP contribution < -0.4 is 5.32 Å². The summed E-state index contributed by atoms with van der Waals surface area (Å²) in [5.41, 5.74) is 2.89. The van der Waals surface area contributed by atoms with E-state index in [1.165, 1.54) is 6.33 Å². The summed E-state index contributed by atoms with van der Waals surface area (Å²) >= 11 is 0. The van der Waals surface area contributed by atoms with Gasteiger partial charge in [0.2, 0.25) is 0 Å². The van der Waals surface area contributed by atoms with Crippen molar-refractivity contribution in [3.63, 3.8) is 0 Å². The third-order valence-electron chi connectivity index (χ3n) is 4.99. The van der Waals surface area contributed by atoms with Gasteiger partial charge in [-0.3, -0.25) is 0 Å². The lowest BCUT2D eigenvalue weighted by atomic mass is 9.93. The number of pyridine rings is 2. The molecular weight excluding hydrogens is 340 g/mol. The van der Waals surface area contributed by atoms with Crippen LogP contribution in [0.1, 0.15) is 30.0 Å². The van der Waals surface area contributed by atoms with Crippen LogP contribution in [0, 0.1) is 0 Å². The summed E-state index contributed by atoms with van der Waals surface area (Å²) in [4.78, 5) is 31.3. The van der Waals surface area contributed by atoms with E-state index in [-0.39, 0.29) is 6.03 Å². The summed E-state index contributed by atoms with van der Waals surface area (Å²) in [5.74, 6) is 0.377. The van der Waals surface area contributed by atoms with Crippen LogP contribution in [0.5, 0.6) is 0 Å². The van der Waals surface area contributed by atoms with Crippen molar-refractivity contribution in [2.75, 3.05) is 19.6 Å². The molecule has 1 aliphatic rings. The molecule has 1 aliphatic heterocycles. The molecule has 3 aromatic rings. The number of carbonyl (C=O) groups excluding carboxylic acids is 1. The summed E-state index contributed by atoms with van der Waals surface area (Å²) in [6, 6.07) is 8.11. The Hall–Kier alpha value is -3.09. The monoisotopic (exact) mass is 362 g/mol. The molecule has 0 spiro atoms. The van der Waals surface area contributed by atoms with Gasteiger partial charge in [0.1, 0.15) is 6.33 Å². The number of hydrogen-bond acceptors (Lipinski definition) is 5. The van der Waals surface area contributed by atoms with E-state index < -0.39 is 0 Å². The van der Waals surface area contributed by atoms with E-state index in [2.05, 4.69) is 32.4 Å². The molecule has 0 saturated carbocycles. The summed E-state index contributed by atoms with van der Waals surface area (Å²) in [6.07, 6.45) is 9.40. The maximum atomic E-state index is 12.4. The molecule has 2 amide bonds. The third kappa shape index (κ3) is 4.19. The summed E-state index contributed by atoms with van der Waals surface area (Å²) in [7, 11) is 0. The fraction of sp³-hybridized carbons (Fsp3) is 0.350. The van der Waals surface area contributed by atoms with Gasteiger partial charge < -0.3 is 10.2 Å². The fourth-order valence-electron chi connectivity index (χ4n) is 3.46. The van der Waals surface area contributed by atoms with Crippen LogP contribution in [0.2, 0.25) is 0 Å². The summed E-state index contributed by atoms with van der Waals surface area (Å²) in [6.45, 7) is 2.07. The van der Waals surface area contributed by atoms with E-state index in [0.717, 1.165) is 54.6 Å². The molecule has 7 nitrogen and oxygen atoms in total. The van der Waals surface area contributed by atoms with Crippen molar-refractivity contribution in [3.8, 4) is 0 Å². The van der Waals surface area contributed by atoms with E-state index in [9.17, 15) is 4.79 Å². The van der Waals surface area contributed by atoms with Gasteiger partial charge in [-0.15, -0.1) is 0 Å². The van der Waals surface area contributed by atoms with E-state index >= 15 is 0 Å². The first-order valence-corrected chi connectivity index (χ1v) is 9.28. The maximum absolute atomic E-state index is 12.4. The van der Waals surface area contributed by atoms with Crippen LogP contribution >= 0.6 is 0 Å². The van der Waals surface area contributed by atoms with E-state index in [0.29, 0.717) is 12.5 Å². The lowest BCUT2D eigenvalue weighted by molar-refractivity contribution is 0.181. The second-order valence-corrected chi connectivity index (χ2v) is 6.78. The van der Waals surface area contributed by atoms with Gasteiger partial charge in [0.15, 0.2) is 5.65 Å². The summed E-state index contributed by atoms with van der Waals surface area (Å²) < 4.78 is 0. The van der Waals surface area contributed by atoms with Crippen molar-refractivity contribution in [3.05, 3.63) is 60.4 Å². The van der Waals surface area contributed by atoms with E-state index in [4.69, 9.17) is 4.98 Å². The first kappa shape index (κ1) is 17.3. The highest BCUT2D eigenvalue weighted by atomic mass is 16.2. The van der Waals surface area contributed by atoms with Crippen LogP contribution in [-0.4, -0.2) is 50.5 Å². The number of carbonyl (C=O) groups is 1. The summed E-state index contributed by atoms with van der Waals surface area (Å²) in [5, 5.41) is 4.04. The van der Waals surface area contributed by atoms with Gasteiger partial charge in [0.05, 0.1) is 0 Å². The average molecular weight is 362 g/mol. The van der Waals surface area contributed by atoms with Gasteiger partial charge in [-0.2, -0.15) is 0 Å². The predicted molar refractivity (Wildman–Crippen MR) is 102 cm³/mol. The zero-order valence-electron chi connectivity index (χ0n) is 15.1. The molecule has 4 heterocycles. The predicted octanol–water partition coefficient (Wildman–Crippen LogP) is 2.55. The van der Waals surface area contributed by atoms with Crippen molar-refractivity contribution < 1.29 is 4.79 Å². The number of nitrogens with zero attached hydrogens (tertiary/aromatic N) is 5. The maximum Gasteiger partial charge on any atom is 0.317 e. The molecule has 0 unspecified atom stereocenters. The Morgan fingerprint density at radius 1 is 1.15 bits per heavy atom.